The minimum atomic E-state index is 0.421. The van der Waals surface area contributed by atoms with E-state index in [0.29, 0.717) is 12.1 Å². The third kappa shape index (κ3) is 4.63. The lowest BCUT2D eigenvalue weighted by atomic mass is 9.90. The van der Waals surface area contributed by atoms with E-state index in [0.717, 1.165) is 19.4 Å². The van der Waals surface area contributed by atoms with Gasteiger partial charge in [0.15, 0.2) is 0 Å². The van der Waals surface area contributed by atoms with Gasteiger partial charge in [0.25, 0.3) is 0 Å². The predicted molar refractivity (Wildman–Crippen MR) is 55.7 cm³/mol. The molecule has 0 unspecified atom stereocenters. The molecule has 2 heteroatoms. The predicted octanol–water partition coefficient (Wildman–Crippen LogP) is 2.46. The number of rotatable bonds is 7. The molecule has 1 rings (SSSR count). The largest absolute Gasteiger partial charge is 0.378 e. The average molecular weight is 185 g/mol. The Morgan fingerprint density at radius 3 is 2.46 bits per heavy atom. The van der Waals surface area contributed by atoms with E-state index in [-0.39, 0.29) is 0 Å². The number of nitrogens with two attached hydrogens (primary N) is 1. The Hall–Kier alpha value is -0.0800. The van der Waals surface area contributed by atoms with Crippen molar-refractivity contribution in [3.8, 4) is 0 Å². The van der Waals surface area contributed by atoms with Gasteiger partial charge in [-0.3, -0.25) is 0 Å². The van der Waals surface area contributed by atoms with Crippen LogP contribution in [-0.4, -0.2) is 18.8 Å². The Morgan fingerprint density at radius 2 is 1.85 bits per heavy atom. The molecule has 0 amide bonds. The molecular weight excluding hydrogens is 162 g/mol. The van der Waals surface area contributed by atoms with E-state index in [4.69, 9.17) is 10.5 Å². The highest BCUT2D eigenvalue weighted by atomic mass is 16.5. The third-order valence-electron chi connectivity index (χ3n) is 2.73. The van der Waals surface area contributed by atoms with E-state index < -0.39 is 0 Å². The van der Waals surface area contributed by atoms with E-state index in [1.165, 1.54) is 32.1 Å². The maximum Gasteiger partial charge on any atom is 0.0604 e. The van der Waals surface area contributed by atoms with E-state index in [1.54, 1.807) is 0 Å². The molecule has 1 aliphatic rings. The van der Waals surface area contributed by atoms with Crippen LogP contribution in [0.2, 0.25) is 0 Å². The number of hydrogen-bond acceptors (Lipinski definition) is 2. The highest BCUT2D eigenvalue weighted by molar-refractivity contribution is 4.82. The van der Waals surface area contributed by atoms with Gasteiger partial charge >= 0.3 is 0 Å². The minimum Gasteiger partial charge on any atom is -0.378 e. The maximum atomic E-state index is 5.66. The van der Waals surface area contributed by atoms with Crippen molar-refractivity contribution < 1.29 is 4.74 Å². The van der Waals surface area contributed by atoms with Crippen LogP contribution in [0, 0.1) is 0 Å². The second kappa shape index (κ2) is 6.39. The van der Waals surface area contributed by atoms with Crippen LogP contribution < -0.4 is 5.73 Å². The summed E-state index contributed by atoms with van der Waals surface area (Å²) in [6.45, 7) is 3.19. The fourth-order valence-corrected chi connectivity index (χ4v) is 1.70. The molecule has 0 atom stereocenters. The SMILES string of the molecule is CCCCCCCOC1CC(N)C1. The zero-order valence-electron chi connectivity index (χ0n) is 8.80. The van der Waals surface area contributed by atoms with Crippen LogP contribution in [0.3, 0.4) is 0 Å². The molecule has 0 aliphatic heterocycles. The van der Waals surface area contributed by atoms with Crippen molar-refractivity contribution in [1.29, 1.82) is 0 Å². The molecule has 1 aliphatic carbocycles. The van der Waals surface area contributed by atoms with Crippen molar-refractivity contribution in [2.24, 2.45) is 5.73 Å². The van der Waals surface area contributed by atoms with Gasteiger partial charge in [-0.1, -0.05) is 32.6 Å². The lowest BCUT2D eigenvalue weighted by molar-refractivity contribution is -0.00984. The Morgan fingerprint density at radius 1 is 1.15 bits per heavy atom. The highest BCUT2D eigenvalue weighted by Crippen LogP contribution is 2.21. The van der Waals surface area contributed by atoms with Crippen LogP contribution in [0.4, 0.5) is 0 Å². The van der Waals surface area contributed by atoms with E-state index in [9.17, 15) is 0 Å². The number of ether oxygens (including phenoxy) is 1. The van der Waals surface area contributed by atoms with Crippen LogP contribution in [0.15, 0.2) is 0 Å². The van der Waals surface area contributed by atoms with Crippen molar-refractivity contribution in [1.82, 2.24) is 0 Å². The van der Waals surface area contributed by atoms with Crippen molar-refractivity contribution in [3.63, 3.8) is 0 Å². The fraction of sp³-hybridized carbons (Fsp3) is 1.00. The lowest BCUT2D eigenvalue weighted by Gasteiger charge is -2.32. The first-order valence-corrected chi connectivity index (χ1v) is 5.70. The normalized spacial score (nSPS) is 27.2. The Labute approximate surface area is 81.8 Å². The fourth-order valence-electron chi connectivity index (χ4n) is 1.70. The summed E-state index contributed by atoms with van der Waals surface area (Å²) in [5.74, 6) is 0. The molecule has 0 saturated heterocycles. The van der Waals surface area contributed by atoms with E-state index >= 15 is 0 Å². The molecule has 0 spiro atoms. The molecule has 78 valence electrons. The van der Waals surface area contributed by atoms with Gasteiger partial charge in [-0.25, -0.2) is 0 Å². The lowest BCUT2D eigenvalue weighted by Crippen LogP contribution is -2.41. The van der Waals surface area contributed by atoms with Gasteiger partial charge in [-0.2, -0.15) is 0 Å². The van der Waals surface area contributed by atoms with Crippen LogP contribution in [-0.2, 0) is 4.74 Å². The van der Waals surface area contributed by atoms with Crippen LogP contribution >= 0.6 is 0 Å². The maximum absolute atomic E-state index is 5.66. The molecule has 0 aromatic heterocycles. The van der Waals surface area contributed by atoms with Gasteiger partial charge < -0.3 is 10.5 Å². The molecule has 2 nitrogen and oxygen atoms in total. The first-order valence-electron chi connectivity index (χ1n) is 5.70. The first-order chi connectivity index (χ1) is 6.33. The molecule has 2 N–H and O–H groups in total. The van der Waals surface area contributed by atoms with Gasteiger partial charge in [0.05, 0.1) is 6.10 Å². The van der Waals surface area contributed by atoms with Gasteiger partial charge in [0.2, 0.25) is 0 Å². The van der Waals surface area contributed by atoms with E-state index in [2.05, 4.69) is 6.92 Å². The monoisotopic (exact) mass is 185 g/mol. The Kier molecular flexibility index (Phi) is 5.40. The van der Waals surface area contributed by atoms with Gasteiger partial charge in [0, 0.05) is 12.6 Å². The molecule has 1 fully saturated rings. The zero-order chi connectivity index (χ0) is 9.52. The summed E-state index contributed by atoms with van der Waals surface area (Å²) in [6, 6.07) is 0.421. The smallest absolute Gasteiger partial charge is 0.0604 e. The second-order valence-corrected chi connectivity index (χ2v) is 4.14. The van der Waals surface area contributed by atoms with Crippen LogP contribution in [0.25, 0.3) is 0 Å². The van der Waals surface area contributed by atoms with Gasteiger partial charge in [-0.15, -0.1) is 0 Å². The van der Waals surface area contributed by atoms with Crippen molar-refractivity contribution >= 4 is 0 Å². The van der Waals surface area contributed by atoms with Crippen molar-refractivity contribution in [2.45, 2.75) is 64.0 Å². The molecule has 13 heavy (non-hydrogen) atoms. The third-order valence-corrected chi connectivity index (χ3v) is 2.73. The van der Waals surface area contributed by atoms with Crippen molar-refractivity contribution in [2.75, 3.05) is 6.61 Å². The Balaban J connectivity index is 1.74. The minimum absolute atomic E-state index is 0.421. The van der Waals surface area contributed by atoms with Gasteiger partial charge in [0.1, 0.15) is 0 Å². The molecule has 0 bridgehead atoms. The molecule has 1 saturated carbocycles. The summed E-state index contributed by atoms with van der Waals surface area (Å²) >= 11 is 0. The van der Waals surface area contributed by atoms with E-state index in [1.807, 2.05) is 0 Å². The van der Waals surface area contributed by atoms with Crippen LogP contribution in [0.1, 0.15) is 51.9 Å². The first kappa shape index (κ1) is 11.0. The summed E-state index contributed by atoms with van der Waals surface area (Å²) in [4.78, 5) is 0. The summed E-state index contributed by atoms with van der Waals surface area (Å²) in [7, 11) is 0. The second-order valence-electron chi connectivity index (χ2n) is 4.14. The summed E-state index contributed by atoms with van der Waals surface area (Å²) < 4.78 is 5.65. The molecule has 0 radical (unpaired) electrons. The Bertz CT molecular complexity index is 121. The summed E-state index contributed by atoms with van der Waals surface area (Å²) in [6.07, 6.45) is 9.25. The van der Waals surface area contributed by atoms with Crippen molar-refractivity contribution in [3.05, 3.63) is 0 Å². The van der Waals surface area contributed by atoms with Gasteiger partial charge in [-0.05, 0) is 19.3 Å². The topological polar surface area (TPSA) is 35.2 Å². The quantitative estimate of drug-likeness (QED) is 0.618. The summed E-state index contributed by atoms with van der Waals surface area (Å²) in [5, 5.41) is 0. The zero-order valence-corrected chi connectivity index (χ0v) is 8.80. The number of hydrogen-bond donors (Lipinski definition) is 1. The standard InChI is InChI=1S/C11H23NO/c1-2-3-4-5-6-7-13-11-8-10(12)9-11/h10-11H,2-9,12H2,1H3. The average Bonchev–Trinajstić information content (AvgIpc) is 2.07. The highest BCUT2D eigenvalue weighted by Gasteiger charge is 2.25. The molecular formula is C11H23NO. The molecule has 0 aromatic rings. The molecule has 0 aromatic carbocycles. The molecule has 0 heterocycles. The van der Waals surface area contributed by atoms with Crippen LogP contribution in [0.5, 0.6) is 0 Å². The summed E-state index contributed by atoms with van der Waals surface area (Å²) in [5.41, 5.74) is 5.66. The number of unbranched alkanes of at least 4 members (excludes halogenated alkanes) is 4.